The molecule has 1 atom stereocenters. The normalized spacial score (nSPS) is 16.6. The molecule has 0 saturated carbocycles. The third-order valence-corrected chi connectivity index (χ3v) is 7.86. The molecule has 0 aliphatic carbocycles. The summed E-state index contributed by atoms with van der Waals surface area (Å²) in [6.07, 6.45) is 0.676. The van der Waals surface area contributed by atoms with Gasteiger partial charge in [-0.25, -0.2) is 17.9 Å². The van der Waals surface area contributed by atoms with Crippen LogP contribution in [0.4, 0.5) is 10.5 Å². The van der Waals surface area contributed by atoms with Crippen LogP contribution in [0.3, 0.4) is 0 Å². The first kappa shape index (κ1) is 24.7. The Balaban J connectivity index is 1.26. The van der Waals surface area contributed by atoms with Crippen molar-refractivity contribution >= 4 is 55.8 Å². The number of rotatable bonds is 7. The van der Waals surface area contributed by atoms with Crippen molar-refractivity contribution in [2.45, 2.75) is 24.3 Å². The van der Waals surface area contributed by atoms with E-state index in [1.807, 2.05) is 37.3 Å². The van der Waals surface area contributed by atoms with Crippen LogP contribution in [0.5, 0.6) is 0 Å². The van der Waals surface area contributed by atoms with Gasteiger partial charge < -0.3 is 10.6 Å². The number of pyridine rings is 1. The fourth-order valence-electron chi connectivity index (χ4n) is 3.97. The quantitative estimate of drug-likeness (QED) is 0.435. The molecule has 1 unspecified atom stereocenters. The number of aromatic nitrogens is 1. The Labute approximate surface area is 208 Å². The van der Waals surface area contributed by atoms with Crippen molar-refractivity contribution in [2.75, 3.05) is 31.5 Å². The van der Waals surface area contributed by atoms with E-state index in [9.17, 15) is 13.2 Å². The van der Waals surface area contributed by atoms with Crippen molar-refractivity contribution in [1.82, 2.24) is 19.9 Å². The van der Waals surface area contributed by atoms with Gasteiger partial charge in [-0.15, -0.1) is 0 Å². The number of hydrogen-bond acceptors (Lipinski definition) is 5. The highest BCUT2D eigenvalue weighted by molar-refractivity contribution is 7.89. The number of likely N-dealkylation sites (tertiary alicyclic amines) is 1. The first-order valence-corrected chi connectivity index (χ1v) is 13.1. The van der Waals surface area contributed by atoms with Crippen LogP contribution in [0.25, 0.3) is 10.9 Å². The number of carbonyl (C=O) groups is 1. The Morgan fingerprint density at radius 2 is 1.94 bits per heavy atom. The van der Waals surface area contributed by atoms with Crippen LogP contribution in [0, 0.1) is 6.92 Å². The molecule has 2 aromatic carbocycles. The van der Waals surface area contributed by atoms with Crippen molar-refractivity contribution in [3.05, 3.63) is 64.3 Å². The largest absolute Gasteiger partial charge is 0.337 e. The molecule has 1 aromatic heterocycles. The van der Waals surface area contributed by atoms with Crippen molar-refractivity contribution in [3.8, 4) is 0 Å². The van der Waals surface area contributed by atoms with Crippen molar-refractivity contribution in [3.63, 3.8) is 0 Å². The summed E-state index contributed by atoms with van der Waals surface area (Å²) in [5.74, 6) is 0. The number of para-hydroxylation sites is 1. The molecule has 4 rings (SSSR count). The molecule has 8 nitrogen and oxygen atoms in total. The molecule has 11 heteroatoms. The topological polar surface area (TPSA) is 103 Å². The van der Waals surface area contributed by atoms with Crippen LogP contribution in [-0.2, 0) is 10.0 Å². The molecule has 1 aliphatic heterocycles. The number of carbonyl (C=O) groups excluding carboxylic acids is 1. The molecule has 1 fully saturated rings. The number of halogens is 2. The number of urea groups is 1. The summed E-state index contributed by atoms with van der Waals surface area (Å²) in [5, 5.41) is 7.13. The standard InChI is InChI=1S/C23H25Cl2N5O3S/c1-15-12-22(18-4-2-3-5-21(18)27-15)28-23(31)26-9-11-30-10-8-16(14-30)29-34(32,33)17-6-7-19(24)20(25)13-17/h2-7,12-13,16,29H,8-11,14H2,1H3,(H2,26,27,28,31). The lowest BCUT2D eigenvalue weighted by molar-refractivity contribution is 0.249. The van der Waals surface area contributed by atoms with Crippen LogP contribution in [0.15, 0.2) is 53.4 Å². The van der Waals surface area contributed by atoms with E-state index in [4.69, 9.17) is 23.2 Å². The summed E-state index contributed by atoms with van der Waals surface area (Å²) in [6.45, 7) is 4.20. The maximum Gasteiger partial charge on any atom is 0.319 e. The number of aryl methyl sites for hydroxylation is 1. The highest BCUT2D eigenvalue weighted by atomic mass is 35.5. The zero-order chi connectivity index (χ0) is 24.3. The summed E-state index contributed by atoms with van der Waals surface area (Å²) < 4.78 is 28.0. The first-order valence-electron chi connectivity index (χ1n) is 10.8. The fraction of sp³-hybridized carbons (Fsp3) is 0.304. The third-order valence-electron chi connectivity index (χ3n) is 5.60. The zero-order valence-electron chi connectivity index (χ0n) is 18.5. The predicted molar refractivity (Wildman–Crippen MR) is 135 cm³/mol. The lowest BCUT2D eigenvalue weighted by Crippen LogP contribution is -2.39. The molecular formula is C23H25Cl2N5O3S. The zero-order valence-corrected chi connectivity index (χ0v) is 20.8. The van der Waals surface area contributed by atoms with Gasteiger partial charge in [0, 0.05) is 36.8 Å². The first-order chi connectivity index (χ1) is 16.2. The van der Waals surface area contributed by atoms with E-state index in [0.717, 1.165) is 23.1 Å². The van der Waals surface area contributed by atoms with E-state index in [2.05, 4.69) is 25.2 Å². The van der Waals surface area contributed by atoms with Crippen molar-refractivity contribution < 1.29 is 13.2 Å². The number of amides is 2. The average Bonchev–Trinajstić information content (AvgIpc) is 3.21. The number of anilines is 1. The van der Waals surface area contributed by atoms with Gasteiger partial charge in [0.1, 0.15) is 0 Å². The molecule has 3 N–H and O–H groups in total. The van der Waals surface area contributed by atoms with Gasteiger partial charge in [-0.2, -0.15) is 0 Å². The van der Waals surface area contributed by atoms with Gasteiger partial charge >= 0.3 is 6.03 Å². The van der Waals surface area contributed by atoms with Gasteiger partial charge in [-0.3, -0.25) is 9.88 Å². The Bertz CT molecular complexity index is 1320. The van der Waals surface area contributed by atoms with E-state index >= 15 is 0 Å². The smallest absolute Gasteiger partial charge is 0.319 e. The van der Waals surface area contributed by atoms with E-state index in [1.165, 1.54) is 18.2 Å². The predicted octanol–water partition coefficient (Wildman–Crippen LogP) is 4.02. The highest BCUT2D eigenvalue weighted by Crippen LogP contribution is 2.25. The maximum atomic E-state index is 12.7. The number of benzene rings is 2. The van der Waals surface area contributed by atoms with Crippen LogP contribution >= 0.6 is 23.2 Å². The average molecular weight is 522 g/mol. The SMILES string of the molecule is Cc1cc(NC(=O)NCCN2CCC(NS(=O)(=O)c3ccc(Cl)c(Cl)c3)C2)c2ccccc2n1. The lowest BCUT2D eigenvalue weighted by Gasteiger charge is -2.17. The van der Waals surface area contributed by atoms with E-state index in [0.29, 0.717) is 36.8 Å². The lowest BCUT2D eigenvalue weighted by atomic mass is 10.1. The molecular weight excluding hydrogens is 497 g/mol. The van der Waals surface area contributed by atoms with Gasteiger partial charge in [-0.1, -0.05) is 41.4 Å². The van der Waals surface area contributed by atoms with Crippen LogP contribution in [0.2, 0.25) is 10.0 Å². The molecule has 0 radical (unpaired) electrons. The van der Waals surface area contributed by atoms with Crippen molar-refractivity contribution in [2.24, 2.45) is 0 Å². The summed E-state index contributed by atoms with van der Waals surface area (Å²) in [7, 11) is -3.70. The van der Waals surface area contributed by atoms with Crippen LogP contribution < -0.4 is 15.4 Å². The van der Waals surface area contributed by atoms with Crippen LogP contribution in [-0.4, -0.2) is 56.6 Å². The fourth-order valence-corrected chi connectivity index (χ4v) is 5.62. The van der Waals surface area contributed by atoms with Crippen LogP contribution in [0.1, 0.15) is 12.1 Å². The number of nitrogens with zero attached hydrogens (tertiary/aromatic N) is 2. The Hall–Kier alpha value is -2.43. The number of nitrogens with one attached hydrogen (secondary N) is 3. The Kier molecular flexibility index (Phi) is 7.59. The second-order valence-electron chi connectivity index (χ2n) is 8.19. The molecule has 180 valence electrons. The third kappa shape index (κ3) is 5.97. The minimum atomic E-state index is -3.70. The summed E-state index contributed by atoms with van der Waals surface area (Å²) in [4.78, 5) is 19.1. The maximum absolute atomic E-state index is 12.7. The summed E-state index contributed by atoms with van der Waals surface area (Å²) in [6, 6.07) is 13.2. The van der Waals surface area contributed by atoms with Gasteiger partial charge in [-0.05, 0) is 50.2 Å². The van der Waals surface area contributed by atoms with E-state index in [1.54, 1.807) is 0 Å². The molecule has 0 bridgehead atoms. The van der Waals surface area contributed by atoms with Crippen molar-refractivity contribution in [1.29, 1.82) is 0 Å². The Morgan fingerprint density at radius 1 is 1.15 bits per heavy atom. The number of hydrogen-bond donors (Lipinski definition) is 3. The van der Waals surface area contributed by atoms with E-state index in [-0.39, 0.29) is 22.0 Å². The molecule has 1 saturated heterocycles. The van der Waals surface area contributed by atoms with Gasteiger partial charge in [0.15, 0.2) is 0 Å². The minimum absolute atomic E-state index is 0.0811. The van der Waals surface area contributed by atoms with E-state index < -0.39 is 10.0 Å². The summed E-state index contributed by atoms with van der Waals surface area (Å²) in [5.41, 5.74) is 2.35. The second kappa shape index (κ2) is 10.5. The minimum Gasteiger partial charge on any atom is -0.337 e. The molecule has 34 heavy (non-hydrogen) atoms. The molecule has 3 aromatic rings. The molecule has 1 aliphatic rings. The number of sulfonamides is 1. The number of fused-ring (bicyclic) bond motifs is 1. The molecule has 0 spiro atoms. The summed E-state index contributed by atoms with van der Waals surface area (Å²) >= 11 is 11.8. The van der Waals surface area contributed by atoms with Gasteiger partial charge in [0.2, 0.25) is 10.0 Å². The van der Waals surface area contributed by atoms with Gasteiger partial charge in [0.05, 0.1) is 26.1 Å². The van der Waals surface area contributed by atoms with Gasteiger partial charge in [0.25, 0.3) is 0 Å². The molecule has 2 heterocycles. The second-order valence-corrected chi connectivity index (χ2v) is 10.7. The highest BCUT2D eigenvalue weighted by Gasteiger charge is 2.27. The monoisotopic (exact) mass is 521 g/mol. The Morgan fingerprint density at radius 3 is 2.74 bits per heavy atom. The molecule has 2 amide bonds.